The summed E-state index contributed by atoms with van der Waals surface area (Å²) in [6.45, 7) is -0.224. The first-order valence-electron chi connectivity index (χ1n) is 6.82. The number of ether oxygens (including phenoxy) is 1. The number of amides is 1. The first-order chi connectivity index (χ1) is 11.1. The van der Waals surface area contributed by atoms with Crippen LogP contribution in [0.4, 0.5) is 11.6 Å². The van der Waals surface area contributed by atoms with E-state index in [4.69, 9.17) is 22.1 Å². The third-order valence-electron chi connectivity index (χ3n) is 3.15. The van der Waals surface area contributed by atoms with Gasteiger partial charge in [-0.2, -0.15) is 0 Å². The molecule has 0 spiro atoms. The van der Waals surface area contributed by atoms with Crippen molar-refractivity contribution in [2.75, 3.05) is 12.3 Å². The zero-order chi connectivity index (χ0) is 16.2. The molecule has 0 saturated carbocycles. The summed E-state index contributed by atoms with van der Waals surface area (Å²) in [4.78, 5) is 14.7. The van der Waals surface area contributed by atoms with Crippen molar-refractivity contribution >= 4 is 39.9 Å². The maximum atomic E-state index is 11.8. The van der Waals surface area contributed by atoms with E-state index in [9.17, 15) is 4.79 Å². The van der Waals surface area contributed by atoms with Crippen molar-refractivity contribution in [1.29, 1.82) is 0 Å². The molecule has 0 radical (unpaired) electrons. The minimum atomic E-state index is -0.512. The van der Waals surface area contributed by atoms with Crippen LogP contribution in [0.3, 0.4) is 0 Å². The number of nitrogens with two attached hydrogens (primary N) is 1. The molecule has 0 unspecified atom stereocenters. The molecule has 6 nitrogen and oxygen atoms in total. The fourth-order valence-corrected chi connectivity index (χ4v) is 2.28. The lowest BCUT2D eigenvalue weighted by Crippen LogP contribution is -2.07. The van der Waals surface area contributed by atoms with Gasteiger partial charge in [-0.3, -0.25) is 4.79 Å². The van der Waals surface area contributed by atoms with E-state index >= 15 is 0 Å². The van der Waals surface area contributed by atoms with Gasteiger partial charge in [-0.05, 0) is 18.2 Å². The van der Waals surface area contributed by atoms with Crippen molar-refractivity contribution in [1.82, 2.24) is 4.98 Å². The smallest absolute Gasteiger partial charge is 0.302 e. The summed E-state index contributed by atoms with van der Waals surface area (Å²) in [5.74, 6) is 0.907. The number of hydrogen-bond acceptors (Lipinski definition) is 4. The quantitative estimate of drug-likeness (QED) is 0.706. The number of carbonyl (C=O) groups excluding carboxylic acids is 1. The number of hydrogen-bond donors (Lipinski definition) is 2. The number of aromatic amines is 1. The minimum absolute atomic E-state index is 0.224. The van der Waals surface area contributed by atoms with Gasteiger partial charge in [0.15, 0.2) is 12.4 Å². The molecule has 0 fully saturated rings. The van der Waals surface area contributed by atoms with Gasteiger partial charge in [0.05, 0.1) is 0 Å². The maximum Gasteiger partial charge on any atom is 0.302 e. The Hall–Kier alpha value is -2.86. The molecule has 1 amide bonds. The molecular formula is C16H13ClN4O2. The molecule has 3 N–H and O–H groups in total. The average Bonchev–Trinajstić information content (AvgIpc) is 2.88. The van der Waals surface area contributed by atoms with Crippen molar-refractivity contribution in [2.45, 2.75) is 0 Å². The van der Waals surface area contributed by atoms with Crippen LogP contribution < -0.4 is 10.5 Å². The summed E-state index contributed by atoms with van der Waals surface area (Å²) in [5, 5.41) is 9.73. The van der Waals surface area contributed by atoms with E-state index in [1.807, 2.05) is 24.3 Å². The SMILES string of the molecule is Nc1[nH]c(N=NC(=O)COc2cccc(Cl)c2)c2ccccc12. The van der Waals surface area contributed by atoms with E-state index < -0.39 is 5.91 Å². The normalized spacial score (nSPS) is 11.2. The monoisotopic (exact) mass is 328 g/mol. The molecular weight excluding hydrogens is 316 g/mol. The largest absolute Gasteiger partial charge is 0.484 e. The van der Waals surface area contributed by atoms with Gasteiger partial charge < -0.3 is 15.5 Å². The Balaban J connectivity index is 1.68. The molecule has 1 aromatic heterocycles. The first-order valence-corrected chi connectivity index (χ1v) is 7.20. The highest BCUT2D eigenvalue weighted by Crippen LogP contribution is 2.30. The zero-order valence-corrected chi connectivity index (χ0v) is 12.7. The lowest BCUT2D eigenvalue weighted by atomic mass is 10.2. The number of aromatic nitrogens is 1. The molecule has 0 aliphatic carbocycles. The van der Waals surface area contributed by atoms with E-state index in [-0.39, 0.29) is 6.61 Å². The lowest BCUT2D eigenvalue weighted by Gasteiger charge is -2.02. The Morgan fingerprint density at radius 2 is 1.96 bits per heavy atom. The van der Waals surface area contributed by atoms with Crippen molar-refractivity contribution < 1.29 is 9.53 Å². The van der Waals surface area contributed by atoms with Crippen LogP contribution in [0.5, 0.6) is 5.75 Å². The third-order valence-corrected chi connectivity index (χ3v) is 3.38. The van der Waals surface area contributed by atoms with Crippen LogP contribution in [0.25, 0.3) is 10.8 Å². The summed E-state index contributed by atoms with van der Waals surface area (Å²) in [7, 11) is 0. The molecule has 0 bridgehead atoms. The van der Waals surface area contributed by atoms with Gasteiger partial charge in [0.2, 0.25) is 0 Å². The van der Waals surface area contributed by atoms with Crippen molar-refractivity contribution in [2.24, 2.45) is 10.2 Å². The summed E-state index contributed by atoms with van der Waals surface area (Å²) in [5.41, 5.74) is 5.85. The molecule has 3 aromatic rings. The van der Waals surface area contributed by atoms with E-state index in [1.54, 1.807) is 24.3 Å². The summed E-state index contributed by atoms with van der Waals surface area (Å²) in [6.07, 6.45) is 0. The fourth-order valence-electron chi connectivity index (χ4n) is 2.10. The topological polar surface area (TPSA) is 92.8 Å². The summed E-state index contributed by atoms with van der Waals surface area (Å²) < 4.78 is 5.31. The molecule has 116 valence electrons. The Bertz CT molecular complexity index is 889. The third kappa shape index (κ3) is 3.49. The van der Waals surface area contributed by atoms with E-state index in [0.29, 0.717) is 22.4 Å². The Morgan fingerprint density at radius 1 is 1.17 bits per heavy atom. The predicted octanol–water partition coefficient (Wildman–Crippen LogP) is 4.09. The summed E-state index contributed by atoms with van der Waals surface area (Å²) in [6, 6.07) is 14.2. The van der Waals surface area contributed by atoms with Crippen LogP contribution >= 0.6 is 11.6 Å². The average molecular weight is 329 g/mol. The van der Waals surface area contributed by atoms with Crippen LogP contribution in [0.1, 0.15) is 0 Å². The number of H-pyrrole nitrogens is 1. The number of azo groups is 1. The number of nitrogens with zero attached hydrogens (tertiary/aromatic N) is 2. The minimum Gasteiger partial charge on any atom is -0.484 e. The van der Waals surface area contributed by atoms with Gasteiger partial charge in [0.1, 0.15) is 11.6 Å². The van der Waals surface area contributed by atoms with Gasteiger partial charge in [0.25, 0.3) is 0 Å². The standard InChI is InChI=1S/C16H13ClN4O2/c17-10-4-3-5-11(8-10)23-9-14(22)20-21-16-13-7-2-1-6-12(13)15(18)19-16/h1-8,19H,9,18H2. The highest BCUT2D eigenvalue weighted by molar-refractivity contribution is 6.30. The molecule has 1 heterocycles. The van der Waals surface area contributed by atoms with E-state index in [1.165, 1.54) is 0 Å². The van der Waals surface area contributed by atoms with Crippen LogP contribution in [-0.2, 0) is 4.79 Å². The van der Waals surface area contributed by atoms with E-state index in [2.05, 4.69) is 15.2 Å². The number of carbonyl (C=O) groups is 1. The number of nitrogen functional groups attached to an aromatic ring is 1. The Labute approximate surface area is 136 Å². The molecule has 2 aromatic carbocycles. The van der Waals surface area contributed by atoms with Gasteiger partial charge >= 0.3 is 5.91 Å². The van der Waals surface area contributed by atoms with Gasteiger partial charge in [-0.1, -0.05) is 41.9 Å². The first kappa shape index (κ1) is 15.1. The molecule has 3 rings (SSSR count). The van der Waals surface area contributed by atoms with Crippen LogP contribution in [-0.4, -0.2) is 17.5 Å². The highest BCUT2D eigenvalue weighted by Gasteiger charge is 2.08. The van der Waals surface area contributed by atoms with Crippen LogP contribution in [0, 0.1) is 0 Å². The number of nitrogens with one attached hydrogen (secondary N) is 1. The van der Waals surface area contributed by atoms with Crippen LogP contribution in [0.15, 0.2) is 58.8 Å². The van der Waals surface area contributed by atoms with Crippen LogP contribution in [0.2, 0.25) is 5.02 Å². The molecule has 0 aliphatic heterocycles. The van der Waals surface area contributed by atoms with Gasteiger partial charge in [-0.25, -0.2) is 0 Å². The molecule has 0 aliphatic rings. The second-order valence-corrected chi connectivity index (χ2v) is 5.21. The zero-order valence-electron chi connectivity index (χ0n) is 12.0. The van der Waals surface area contributed by atoms with Crippen molar-refractivity contribution in [3.63, 3.8) is 0 Å². The molecule has 7 heteroatoms. The number of rotatable bonds is 4. The summed E-state index contributed by atoms with van der Waals surface area (Å²) >= 11 is 5.84. The Kier molecular flexibility index (Phi) is 4.25. The molecule has 23 heavy (non-hydrogen) atoms. The maximum absolute atomic E-state index is 11.8. The highest BCUT2D eigenvalue weighted by atomic mass is 35.5. The Morgan fingerprint density at radius 3 is 2.74 bits per heavy atom. The fraction of sp³-hybridized carbons (Fsp3) is 0.0625. The predicted molar refractivity (Wildman–Crippen MR) is 89.2 cm³/mol. The number of fused-ring (bicyclic) bond motifs is 1. The van der Waals surface area contributed by atoms with E-state index in [0.717, 1.165) is 10.8 Å². The number of halogens is 1. The molecule has 0 saturated heterocycles. The second-order valence-electron chi connectivity index (χ2n) is 4.77. The number of benzene rings is 2. The van der Waals surface area contributed by atoms with Gasteiger partial charge in [-0.15, -0.1) is 10.2 Å². The number of anilines is 1. The lowest BCUT2D eigenvalue weighted by molar-refractivity contribution is -0.120. The van der Waals surface area contributed by atoms with Crippen molar-refractivity contribution in [3.05, 3.63) is 53.6 Å². The van der Waals surface area contributed by atoms with Gasteiger partial charge in [0, 0.05) is 15.8 Å². The second kappa shape index (κ2) is 6.50. The van der Waals surface area contributed by atoms with Crippen molar-refractivity contribution in [3.8, 4) is 5.75 Å². The molecule has 0 atom stereocenters.